The van der Waals surface area contributed by atoms with Gasteiger partial charge in [-0.3, -0.25) is 4.79 Å². The van der Waals surface area contributed by atoms with Crippen molar-refractivity contribution in [2.45, 2.75) is 63.8 Å². The minimum Gasteiger partial charge on any atom is -0.396 e. The van der Waals surface area contributed by atoms with Crippen molar-refractivity contribution in [3.63, 3.8) is 0 Å². The Balaban J connectivity index is 1.80. The highest BCUT2D eigenvalue weighted by Crippen LogP contribution is 2.34. The Hall–Kier alpha value is -0.570. The SMILES string of the molecule is O=C(NC(CCO)C1CC1)C1CCCCCC1. The monoisotopic (exact) mass is 239 g/mol. The van der Waals surface area contributed by atoms with Crippen molar-refractivity contribution in [1.82, 2.24) is 5.32 Å². The zero-order chi connectivity index (χ0) is 12.1. The van der Waals surface area contributed by atoms with E-state index >= 15 is 0 Å². The van der Waals surface area contributed by atoms with Gasteiger partial charge in [0.15, 0.2) is 0 Å². The Labute approximate surface area is 104 Å². The molecule has 0 radical (unpaired) electrons. The molecule has 1 atom stereocenters. The first-order valence-electron chi connectivity index (χ1n) is 7.22. The number of hydrogen-bond donors (Lipinski definition) is 2. The van der Waals surface area contributed by atoms with Gasteiger partial charge in [-0.25, -0.2) is 0 Å². The summed E-state index contributed by atoms with van der Waals surface area (Å²) in [5.74, 6) is 1.12. The molecule has 3 heteroatoms. The predicted molar refractivity (Wildman–Crippen MR) is 67.5 cm³/mol. The van der Waals surface area contributed by atoms with Crippen molar-refractivity contribution in [2.24, 2.45) is 11.8 Å². The molecule has 1 unspecified atom stereocenters. The van der Waals surface area contributed by atoms with Crippen LogP contribution < -0.4 is 5.32 Å². The highest BCUT2D eigenvalue weighted by molar-refractivity contribution is 5.79. The van der Waals surface area contributed by atoms with Gasteiger partial charge in [-0.15, -0.1) is 0 Å². The summed E-state index contributed by atoms with van der Waals surface area (Å²) in [6.45, 7) is 0.187. The Morgan fingerprint density at radius 3 is 2.29 bits per heavy atom. The molecular weight excluding hydrogens is 214 g/mol. The van der Waals surface area contributed by atoms with Crippen molar-refractivity contribution in [1.29, 1.82) is 0 Å². The van der Waals surface area contributed by atoms with Gasteiger partial charge in [0.25, 0.3) is 0 Å². The van der Waals surface area contributed by atoms with Gasteiger partial charge in [-0.05, 0) is 38.0 Å². The van der Waals surface area contributed by atoms with Gasteiger partial charge < -0.3 is 10.4 Å². The van der Waals surface area contributed by atoms with Crippen LogP contribution in [0.15, 0.2) is 0 Å². The van der Waals surface area contributed by atoms with E-state index in [-0.39, 0.29) is 24.5 Å². The molecule has 0 saturated heterocycles. The molecule has 0 spiro atoms. The van der Waals surface area contributed by atoms with E-state index in [1.165, 1.54) is 38.5 Å². The lowest BCUT2D eigenvalue weighted by atomic mass is 9.98. The molecule has 0 bridgehead atoms. The fourth-order valence-electron chi connectivity index (χ4n) is 2.91. The summed E-state index contributed by atoms with van der Waals surface area (Å²) in [6, 6.07) is 0.232. The summed E-state index contributed by atoms with van der Waals surface area (Å²) in [5.41, 5.74) is 0. The first-order valence-corrected chi connectivity index (χ1v) is 7.22. The maximum absolute atomic E-state index is 12.2. The molecule has 2 saturated carbocycles. The number of carbonyl (C=O) groups excluding carboxylic acids is 1. The smallest absolute Gasteiger partial charge is 0.223 e. The number of aliphatic hydroxyl groups is 1. The molecule has 0 aromatic heterocycles. The number of nitrogens with one attached hydrogen (secondary N) is 1. The second-order valence-electron chi connectivity index (χ2n) is 5.65. The van der Waals surface area contributed by atoms with Crippen LogP contribution in [0.3, 0.4) is 0 Å². The Morgan fingerprint density at radius 2 is 1.76 bits per heavy atom. The lowest BCUT2D eigenvalue weighted by Gasteiger charge is -2.21. The summed E-state index contributed by atoms with van der Waals surface area (Å²) in [6.07, 6.45) is 10.2. The van der Waals surface area contributed by atoms with Crippen LogP contribution in [0.2, 0.25) is 0 Å². The zero-order valence-corrected chi connectivity index (χ0v) is 10.7. The van der Waals surface area contributed by atoms with Crippen LogP contribution in [0.5, 0.6) is 0 Å². The number of hydrogen-bond acceptors (Lipinski definition) is 2. The Bertz CT molecular complexity index is 243. The average molecular weight is 239 g/mol. The van der Waals surface area contributed by atoms with Crippen molar-refractivity contribution in [3.05, 3.63) is 0 Å². The molecule has 2 rings (SSSR count). The number of rotatable bonds is 5. The molecule has 1 amide bonds. The standard InChI is InChI=1S/C14H25NO2/c16-10-9-13(11-7-8-11)15-14(17)12-5-3-1-2-4-6-12/h11-13,16H,1-10H2,(H,15,17). The van der Waals surface area contributed by atoms with Crippen LogP contribution in [0, 0.1) is 11.8 Å². The van der Waals surface area contributed by atoms with Crippen LogP contribution in [0.4, 0.5) is 0 Å². The van der Waals surface area contributed by atoms with Gasteiger partial charge in [-0.2, -0.15) is 0 Å². The largest absolute Gasteiger partial charge is 0.396 e. The quantitative estimate of drug-likeness (QED) is 0.723. The van der Waals surface area contributed by atoms with Gasteiger partial charge in [0, 0.05) is 18.6 Å². The van der Waals surface area contributed by atoms with Crippen LogP contribution >= 0.6 is 0 Å². The molecule has 3 nitrogen and oxygen atoms in total. The molecule has 0 heterocycles. The van der Waals surface area contributed by atoms with Crippen molar-refractivity contribution >= 4 is 5.91 Å². The predicted octanol–water partition coefficient (Wildman–Crippen LogP) is 2.23. The summed E-state index contributed by atoms with van der Waals surface area (Å²) < 4.78 is 0. The summed E-state index contributed by atoms with van der Waals surface area (Å²) in [5, 5.41) is 12.2. The van der Waals surface area contributed by atoms with E-state index in [0.717, 1.165) is 19.3 Å². The number of amides is 1. The number of aliphatic hydroxyl groups excluding tert-OH is 1. The second-order valence-corrected chi connectivity index (χ2v) is 5.65. The molecule has 98 valence electrons. The first kappa shape index (κ1) is 12.9. The number of carbonyl (C=O) groups is 1. The lowest BCUT2D eigenvalue weighted by molar-refractivity contribution is -0.126. The van der Waals surface area contributed by atoms with Crippen LogP contribution in [-0.4, -0.2) is 23.7 Å². The van der Waals surface area contributed by atoms with Crippen LogP contribution in [-0.2, 0) is 4.79 Å². The molecular formula is C14H25NO2. The molecule has 2 fully saturated rings. The molecule has 2 aliphatic rings. The third-order valence-corrected chi connectivity index (χ3v) is 4.18. The molecule has 2 N–H and O–H groups in total. The van der Waals surface area contributed by atoms with E-state index in [1.807, 2.05) is 0 Å². The normalized spacial score (nSPS) is 24.1. The highest BCUT2D eigenvalue weighted by atomic mass is 16.3. The van der Waals surface area contributed by atoms with Gasteiger partial charge in [-0.1, -0.05) is 25.7 Å². The maximum atomic E-state index is 12.2. The first-order chi connectivity index (χ1) is 8.31. The van der Waals surface area contributed by atoms with Gasteiger partial charge in [0.1, 0.15) is 0 Å². The zero-order valence-electron chi connectivity index (χ0n) is 10.7. The van der Waals surface area contributed by atoms with Crippen LogP contribution in [0.25, 0.3) is 0 Å². The molecule has 0 aromatic rings. The fourth-order valence-corrected chi connectivity index (χ4v) is 2.91. The Kier molecular flexibility index (Phi) is 4.84. The van der Waals surface area contributed by atoms with Crippen molar-refractivity contribution in [3.8, 4) is 0 Å². The highest BCUT2D eigenvalue weighted by Gasteiger charge is 2.33. The summed E-state index contributed by atoms with van der Waals surface area (Å²) >= 11 is 0. The average Bonchev–Trinajstić information content (AvgIpc) is 3.15. The third-order valence-electron chi connectivity index (χ3n) is 4.18. The van der Waals surface area contributed by atoms with Gasteiger partial charge in [0.05, 0.1) is 0 Å². The van der Waals surface area contributed by atoms with E-state index in [9.17, 15) is 4.79 Å². The van der Waals surface area contributed by atoms with Gasteiger partial charge in [0.2, 0.25) is 5.91 Å². The Morgan fingerprint density at radius 1 is 1.12 bits per heavy atom. The summed E-state index contributed by atoms with van der Waals surface area (Å²) in [7, 11) is 0. The lowest BCUT2D eigenvalue weighted by Crippen LogP contribution is -2.40. The van der Waals surface area contributed by atoms with Crippen molar-refractivity contribution in [2.75, 3.05) is 6.61 Å². The fraction of sp³-hybridized carbons (Fsp3) is 0.929. The van der Waals surface area contributed by atoms with E-state index in [1.54, 1.807) is 0 Å². The molecule has 17 heavy (non-hydrogen) atoms. The molecule has 2 aliphatic carbocycles. The van der Waals surface area contributed by atoms with Gasteiger partial charge >= 0.3 is 0 Å². The van der Waals surface area contributed by atoms with E-state index < -0.39 is 0 Å². The molecule has 0 aliphatic heterocycles. The third kappa shape index (κ3) is 3.98. The maximum Gasteiger partial charge on any atom is 0.223 e. The summed E-state index contributed by atoms with van der Waals surface area (Å²) in [4.78, 5) is 12.2. The van der Waals surface area contributed by atoms with Crippen molar-refractivity contribution < 1.29 is 9.90 Å². The topological polar surface area (TPSA) is 49.3 Å². The second kappa shape index (κ2) is 6.39. The minimum atomic E-state index is 0.187. The van der Waals surface area contributed by atoms with E-state index in [0.29, 0.717) is 5.92 Å². The van der Waals surface area contributed by atoms with E-state index in [4.69, 9.17) is 5.11 Å². The molecule has 0 aromatic carbocycles. The minimum absolute atomic E-state index is 0.187. The van der Waals surface area contributed by atoms with E-state index in [2.05, 4.69) is 5.32 Å². The van der Waals surface area contributed by atoms with Crippen LogP contribution in [0.1, 0.15) is 57.8 Å².